The van der Waals surface area contributed by atoms with Crippen LogP contribution < -0.4 is 5.43 Å². The maximum absolute atomic E-state index is 10.1. The smallest absolute Gasteiger partial charge is 0.430 e. The van der Waals surface area contributed by atoms with E-state index < -0.39 is 6.09 Å². The van der Waals surface area contributed by atoms with Gasteiger partial charge in [-0.2, -0.15) is 5.01 Å². The van der Waals surface area contributed by atoms with E-state index in [9.17, 15) is 4.79 Å². The molecule has 9 heavy (non-hydrogen) atoms. The molecule has 1 heterocycles. The number of nitrogens with zero attached hydrogens (tertiary/aromatic N) is 1. The van der Waals surface area contributed by atoms with Crippen LogP contribution >= 0.6 is 0 Å². The first-order chi connectivity index (χ1) is 4.30. The molecule has 48 valence electrons. The molecule has 0 aromatic rings. The van der Waals surface area contributed by atoms with Gasteiger partial charge in [-0.3, -0.25) is 5.43 Å². The minimum Gasteiger partial charge on any atom is -0.463 e. The summed E-state index contributed by atoms with van der Waals surface area (Å²) in [7, 11) is 0. The number of carbonyl (C=O) groups is 1. The van der Waals surface area contributed by atoms with Crippen LogP contribution in [-0.2, 0) is 0 Å². The monoisotopic (exact) mass is 126 g/mol. The average molecular weight is 126 g/mol. The van der Waals surface area contributed by atoms with Crippen LogP contribution in [0.25, 0.3) is 0 Å². The molecule has 1 amide bonds. The summed E-state index contributed by atoms with van der Waals surface area (Å²) in [5.41, 5.74) is 2.48. The second kappa shape index (κ2) is 2.21. The molecule has 1 aliphatic heterocycles. The highest BCUT2D eigenvalue weighted by Gasteiger charge is 2.05. The number of hydrogen-bond donors (Lipinski definition) is 2. The number of hydrogen-bond acceptors (Lipinski definition) is 2. The molecular weight excluding hydrogens is 120 g/mol. The molecule has 0 aromatic carbocycles. The summed E-state index contributed by atoms with van der Waals surface area (Å²) < 4.78 is 0. The summed E-state index contributed by atoms with van der Waals surface area (Å²) in [5.74, 6) is 0. The summed E-state index contributed by atoms with van der Waals surface area (Å²) in [6.07, 6.45) is 5.27. The van der Waals surface area contributed by atoms with Gasteiger partial charge < -0.3 is 5.11 Å². The summed E-state index contributed by atoms with van der Waals surface area (Å²) in [4.78, 5) is 10.1. The standard InChI is InChI=1S/C5H6N2O2/c8-5(9)7-4-2-1-3-6-7/h1-4,6H,(H,8,9). The third-order valence-corrected chi connectivity index (χ3v) is 0.862. The van der Waals surface area contributed by atoms with Crippen LogP contribution in [0.1, 0.15) is 0 Å². The number of amides is 1. The molecule has 0 fully saturated rings. The minimum atomic E-state index is -1.02. The molecule has 4 nitrogen and oxygen atoms in total. The predicted octanol–water partition coefficient (Wildman–Crippen LogP) is 0.512. The van der Waals surface area contributed by atoms with Gasteiger partial charge in [0.05, 0.1) is 0 Å². The Bertz CT molecular complexity index is 174. The lowest BCUT2D eigenvalue weighted by Crippen LogP contribution is -2.34. The van der Waals surface area contributed by atoms with Crippen LogP contribution in [0.2, 0.25) is 0 Å². The molecular formula is C5H6N2O2. The highest BCUT2D eigenvalue weighted by Crippen LogP contribution is 1.91. The average Bonchev–Trinajstić information content (AvgIpc) is 1.90. The van der Waals surface area contributed by atoms with Crippen molar-refractivity contribution in [1.82, 2.24) is 10.4 Å². The number of hydrazine groups is 1. The lowest BCUT2D eigenvalue weighted by molar-refractivity contribution is 0.152. The van der Waals surface area contributed by atoms with Gasteiger partial charge in [-0.25, -0.2) is 4.79 Å². The first-order valence-corrected chi connectivity index (χ1v) is 2.42. The Labute approximate surface area is 52.0 Å². The highest BCUT2D eigenvalue weighted by atomic mass is 16.4. The Morgan fingerprint density at radius 3 is 2.67 bits per heavy atom. The zero-order valence-corrected chi connectivity index (χ0v) is 4.61. The van der Waals surface area contributed by atoms with E-state index in [0.29, 0.717) is 0 Å². The van der Waals surface area contributed by atoms with Crippen molar-refractivity contribution in [3.63, 3.8) is 0 Å². The maximum atomic E-state index is 10.1. The second-order valence-electron chi connectivity index (χ2n) is 1.48. The van der Waals surface area contributed by atoms with Gasteiger partial charge in [-0.05, 0) is 12.2 Å². The molecule has 2 N–H and O–H groups in total. The largest absolute Gasteiger partial charge is 0.463 e. The Morgan fingerprint density at radius 1 is 1.56 bits per heavy atom. The fraction of sp³-hybridized carbons (Fsp3) is 0. The summed E-state index contributed by atoms with van der Waals surface area (Å²) in [6, 6.07) is 0. The molecule has 0 saturated heterocycles. The van der Waals surface area contributed by atoms with Crippen LogP contribution in [0.5, 0.6) is 0 Å². The highest BCUT2D eigenvalue weighted by molar-refractivity contribution is 5.66. The normalized spacial score (nSPS) is 15.3. The predicted molar refractivity (Wildman–Crippen MR) is 31.3 cm³/mol. The first-order valence-electron chi connectivity index (χ1n) is 2.42. The van der Waals surface area contributed by atoms with Crippen molar-refractivity contribution in [2.45, 2.75) is 0 Å². The van der Waals surface area contributed by atoms with Crippen molar-refractivity contribution >= 4 is 6.09 Å². The molecule has 1 rings (SSSR count). The van der Waals surface area contributed by atoms with Crippen molar-refractivity contribution in [3.05, 3.63) is 24.6 Å². The van der Waals surface area contributed by atoms with E-state index in [-0.39, 0.29) is 0 Å². The summed E-state index contributed by atoms with van der Waals surface area (Å²) in [5, 5.41) is 9.27. The third-order valence-electron chi connectivity index (χ3n) is 0.862. The van der Waals surface area contributed by atoms with E-state index in [4.69, 9.17) is 5.11 Å². The lowest BCUT2D eigenvalue weighted by Gasteiger charge is -2.14. The van der Waals surface area contributed by atoms with Gasteiger partial charge in [0.2, 0.25) is 0 Å². The van der Waals surface area contributed by atoms with Gasteiger partial charge in [0.15, 0.2) is 0 Å². The summed E-state index contributed by atoms with van der Waals surface area (Å²) >= 11 is 0. The summed E-state index contributed by atoms with van der Waals surface area (Å²) in [6.45, 7) is 0. The molecule has 4 heteroatoms. The van der Waals surface area contributed by atoms with Crippen LogP contribution in [0.3, 0.4) is 0 Å². The van der Waals surface area contributed by atoms with Gasteiger partial charge >= 0.3 is 6.09 Å². The van der Waals surface area contributed by atoms with Gasteiger partial charge in [0.1, 0.15) is 0 Å². The van der Waals surface area contributed by atoms with E-state index >= 15 is 0 Å². The molecule has 0 spiro atoms. The van der Waals surface area contributed by atoms with E-state index in [2.05, 4.69) is 5.43 Å². The minimum absolute atomic E-state index is 0.958. The van der Waals surface area contributed by atoms with Crippen molar-refractivity contribution in [2.24, 2.45) is 0 Å². The molecule has 0 aromatic heterocycles. The van der Waals surface area contributed by atoms with Gasteiger partial charge in [0, 0.05) is 12.4 Å². The van der Waals surface area contributed by atoms with Gasteiger partial charge in [-0.15, -0.1) is 0 Å². The van der Waals surface area contributed by atoms with Crippen molar-refractivity contribution < 1.29 is 9.90 Å². The van der Waals surface area contributed by atoms with Crippen LogP contribution in [0.4, 0.5) is 4.79 Å². The lowest BCUT2D eigenvalue weighted by atomic mass is 10.5. The SMILES string of the molecule is O=C(O)N1C=CC=CN1. The second-order valence-corrected chi connectivity index (χ2v) is 1.48. The zero-order chi connectivity index (χ0) is 6.69. The van der Waals surface area contributed by atoms with E-state index in [1.165, 1.54) is 12.4 Å². The molecule has 0 aliphatic carbocycles. The van der Waals surface area contributed by atoms with Crippen molar-refractivity contribution in [1.29, 1.82) is 0 Å². The Kier molecular flexibility index (Phi) is 1.40. The fourth-order valence-electron chi connectivity index (χ4n) is 0.477. The number of allylic oxidation sites excluding steroid dienone is 2. The van der Waals surface area contributed by atoms with Crippen LogP contribution in [-0.4, -0.2) is 16.2 Å². The van der Waals surface area contributed by atoms with Crippen molar-refractivity contribution in [3.8, 4) is 0 Å². The molecule has 0 atom stereocenters. The van der Waals surface area contributed by atoms with E-state index in [1.54, 1.807) is 12.2 Å². The van der Waals surface area contributed by atoms with Crippen LogP contribution in [0.15, 0.2) is 24.6 Å². The molecule has 1 aliphatic rings. The quantitative estimate of drug-likeness (QED) is 0.497. The van der Waals surface area contributed by atoms with E-state index in [1.807, 2.05) is 0 Å². The number of carboxylic acid groups (broad SMARTS) is 1. The molecule has 0 unspecified atom stereocenters. The Morgan fingerprint density at radius 2 is 2.33 bits per heavy atom. The van der Waals surface area contributed by atoms with Crippen molar-refractivity contribution in [2.75, 3.05) is 0 Å². The third kappa shape index (κ3) is 1.22. The molecule has 0 saturated carbocycles. The number of nitrogens with one attached hydrogen (secondary N) is 1. The van der Waals surface area contributed by atoms with Gasteiger partial charge in [-0.1, -0.05) is 0 Å². The topological polar surface area (TPSA) is 52.6 Å². The fourth-order valence-corrected chi connectivity index (χ4v) is 0.477. The Balaban J connectivity index is 2.56. The first kappa shape index (κ1) is 5.68. The van der Waals surface area contributed by atoms with Gasteiger partial charge in [0.25, 0.3) is 0 Å². The maximum Gasteiger partial charge on any atom is 0.430 e. The number of rotatable bonds is 0. The zero-order valence-electron chi connectivity index (χ0n) is 4.61. The molecule has 0 radical (unpaired) electrons. The Hall–Kier alpha value is -1.45. The van der Waals surface area contributed by atoms with E-state index in [0.717, 1.165) is 5.01 Å². The molecule has 0 bridgehead atoms. The van der Waals surface area contributed by atoms with Crippen LogP contribution in [0, 0.1) is 0 Å².